The van der Waals surface area contributed by atoms with Crippen molar-refractivity contribution in [3.05, 3.63) is 48.2 Å². The first-order valence-electron chi connectivity index (χ1n) is 13.8. The molecule has 0 spiro atoms. The van der Waals surface area contributed by atoms with E-state index in [0.717, 1.165) is 22.0 Å². The Morgan fingerprint density at radius 3 is 2.32 bits per heavy atom. The fourth-order valence-electron chi connectivity index (χ4n) is 4.40. The van der Waals surface area contributed by atoms with Gasteiger partial charge in [-0.2, -0.15) is 5.26 Å². The van der Waals surface area contributed by atoms with Gasteiger partial charge in [0.05, 0.1) is 0 Å². The molecular formula is C30H41N7O4. The molecule has 1 saturated heterocycles. The summed E-state index contributed by atoms with van der Waals surface area (Å²) in [4.78, 5) is 47.0. The number of nitriles is 1. The second kappa shape index (κ2) is 13.4. The van der Waals surface area contributed by atoms with Gasteiger partial charge in [-0.1, -0.05) is 26.0 Å². The Bertz CT molecular complexity index is 1260. The number of hydrazine groups is 1. The highest BCUT2D eigenvalue weighted by molar-refractivity contribution is 5.98. The summed E-state index contributed by atoms with van der Waals surface area (Å²) in [5.41, 5.74) is 1.56. The molecule has 1 atom stereocenters. The van der Waals surface area contributed by atoms with E-state index in [4.69, 9.17) is 10.00 Å². The SMILES string of the molecule is CC(C)C[C@H](NC(=O)c1cccc(-c2ccc(N3CCN(C(=O)OC(C)(C)C)CC3)nc2)c1)C(=O)N(C)N(C)C#N. The lowest BCUT2D eigenvalue weighted by Crippen LogP contribution is -2.51. The number of anilines is 1. The molecule has 0 unspecified atom stereocenters. The van der Waals surface area contributed by atoms with Crippen LogP contribution in [0.2, 0.25) is 0 Å². The van der Waals surface area contributed by atoms with Crippen LogP contribution in [0.4, 0.5) is 10.6 Å². The number of carbonyl (C=O) groups is 3. The minimum Gasteiger partial charge on any atom is -0.444 e. The highest BCUT2D eigenvalue weighted by atomic mass is 16.6. The zero-order chi connectivity index (χ0) is 30.3. The third kappa shape index (κ3) is 8.58. The van der Waals surface area contributed by atoms with E-state index < -0.39 is 11.6 Å². The topological polar surface area (TPSA) is 122 Å². The maximum Gasteiger partial charge on any atom is 0.410 e. The molecule has 1 aromatic heterocycles. The van der Waals surface area contributed by atoms with Crippen molar-refractivity contribution in [2.24, 2.45) is 5.92 Å². The molecule has 1 aliphatic rings. The van der Waals surface area contributed by atoms with E-state index in [-0.39, 0.29) is 23.8 Å². The number of nitrogens with one attached hydrogen (secondary N) is 1. The van der Waals surface area contributed by atoms with E-state index in [0.29, 0.717) is 38.2 Å². The van der Waals surface area contributed by atoms with Crippen LogP contribution in [0.1, 0.15) is 51.4 Å². The normalized spacial score (nSPS) is 14.2. The van der Waals surface area contributed by atoms with Crippen LogP contribution in [-0.4, -0.2) is 89.7 Å². The molecule has 3 rings (SSSR count). The zero-order valence-corrected chi connectivity index (χ0v) is 25.0. The first-order valence-corrected chi connectivity index (χ1v) is 13.8. The second-order valence-electron chi connectivity index (χ2n) is 11.6. The molecule has 2 heterocycles. The van der Waals surface area contributed by atoms with E-state index in [1.54, 1.807) is 29.3 Å². The summed E-state index contributed by atoms with van der Waals surface area (Å²) in [6.07, 6.45) is 3.80. The number of carbonyl (C=O) groups excluding carboxylic acids is 3. The Hall–Kier alpha value is -4.33. The summed E-state index contributed by atoms with van der Waals surface area (Å²) in [5.74, 6) is 0.236. The minimum atomic E-state index is -0.774. The molecular weight excluding hydrogens is 522 g/mol. The van der Waals surface area contributed by atoms with Gasteiger partial charge in [0.2, 0.25) is 0 Å². The predicted molar refractivity (Wildman–Crippen MR) is 157 cm³/mol. The molecule has 3 amide bonds. The summed E-state index contributed by atoms with van der Waals surface area (Å²) >= 11 is 0. The van der Waals surface area contributed by atoms with Crippen molar-refractivity contribution < 1.29 is 19.1 Å². The number of rotatable bonds is 8. The molecule has 1 aliphatic heterocycles. The third-order valence-electron chi connectivity index (χ3n) is 6.69. The number of piperazine rings is 1. The Kier molecular flexibility index (Phi) is 10.2. The number of hydrogen-bond donors (Lipinski definition) is 1. The van der Waals surface area contributed by atoms with Gasteiger partial charge in [-0.15, -0.1) is 0 Å². The number of likely N-dealkylation sites (N-methyl/N-ethyl adjacent to an activating group) is 1. The van der Waals surface area contributed by atoms with Gasteiger partial charge in [-0.25, -0.2) is 19.8 Å². The summed E-state index contributed by atoms with van der Waals surface area (Å²) in [7, 11) is 2.99. The van der Waals surface area contributed by atoms with E-state index >= 15 is 0 Å². The number of benzene rings is 1. The number of aromatic nitrogens is 1. The Morgan fingerprint density at radius 1 is 1.07 bits per heavy atom. The first-order chi connectivity index (χ1) is 19.3. The average Bonchev–Trinajstić information content (AvgIpc) is 2.94. The van der Waals surface area contributed by atoms with Crippen molar-refractivity contribution >= 4 is 23.7 Å². The number of amides is 3. The number of ether oxygens (including phenoxy) is 1. The van der Waals surface area contributed by atoms with Gasteiger partial charge < -0.3 is 19.9 Å². The van der Waals surface area contributed by atoms with E-state index in [1.165, 1.54) is 19.1 Å². The Balaban J connectivity index is 1.67. The van der Waals surface area contributed by atoms with Gasteiger partial charge in [0.25, 0.3) is 11.8 Å². The minimum absolute atomic E-state index is 0.154. The Morgan fingerprint density at radius 2 is 1.76 bits per heavy atom. The summed E-state index contributed by atoms with van der Waals surface area (Å²) in [6, 6.07) is 10.3. The number of nitrogens with zero attached hydrogens (tertiary/aromatic N) is 6. The first kappa shape index (κ1) is 31.2. The number of hydrogen-bond acceptors (Lipinski definition) is 8. The van der Waals surface area contributed by atoms with Crippen LogP contribution in [0.25, 0.3) is 11.1 Å². The Labute approximate surface area is 242 Å². The summed E-state index contributed by atoms with van der Waals surface area (Å²) in [6.45, 7) is 11.9. The molecule has 0 bridgehead atoms. The molecule has 11 heteroatoms. The van der Waals surface area contributed by atoms with Gasteiger partial charge in [-0.05, 0) is 62.9 Å². The summed E-state index contributed by atoms with van der Waals surface area (Å²) in [5, 5.41) is 14.3. The quantitative estimate of drug-likeness (QED) is 0.293. The molecule has 1 fully saturated rings. The third-order valence-corrected chi connectivity index (χ3v) is 6.69. The van der Waals surface area contributed by atoms with Gasteiger partial charge in [0.15, 0.2) is 6.19 Å². The molecule has 1 N–H and O–H groups in total. The zero-order valence-electron chi connectivity index (χ0n) is 25.0. The largest absolute Gasteiger partial charge is 0.444 e. The van der Waals surface area contributed by atoms with Crippen molar-refractivity contribution in [2.75, 3.05) is 45.2 Å². The van der Waals surface area contributed by atoms with Gasteiger partial charge >= 0.3 is 6.09 Å². The standard InChI is InChI=1S/C30H41N7O4/c1-21(2)17-25(28(39)35(7)34(6)20-31)33-27(38)23-10-8-9-22(18-23)24-11-12-26(32-19-24)36-13-15-37(16-14-36)29(40)41-30(3,4)5/h8-12,18-19,21,25H,13-17H2,1-7H3,(H,33,38)/t25-/m0/s1. The van der Waals surface area contributed by atoms with Crippen molar-refractivity contribution in [3.8, 4) is 17.3 Å². The second-order valence-corrected chi connectivity index (χ2v) is 11.6. The van der Waals surface area contributed by atoms with Crippen LogP contribution in [0.5, 0.6) is 0 Å². The molecule has 1 aromatic carbocycles. The molecule has 2 aromatic rings. The highest BCUT2D eigenvalue weighted by Gasteiger charge is 2.28. The van der Waals surface area contributed by atoms with Crippen LogP contribution >= 0.6 is 0 Å². The van der Waals surface area contributed by atoms with Crippen LogP contribution in [0.15, 0.2) is 42.6 Å². The smallest absolute Gasteiger partial charge is 0.410 e. The number of pyridine rings is 1. The fraction of sp³-hybridized carbons (Fsp3) is 0.500. The molecule has 11 nitrogen and oxygen atoms in total. The van der Waals surface area contributed by atoms with Crippen molar-refractivity contribution in [2.45, 2.75) is 52.7 Å². The molecule has 220 valence electrons. The van der Waals surface area contributed by atoms with E-state index in [9.17, 15) is 14.4 Å². The van der Waals surface area contributed by atoms with Crippen molar-refractivity contribution in [1.29, 1.82) is 5.26 Å². The maximum atomic E-state index is 13.2. The molecule has 0 radical (unpaired) electrons. The lowest BCUT2D eigenvalue weighted by Gasteiger charge is -2.36. The van der Waals surface area contributed by atoms with Crippen molar-refractivity contribution in [1.82, 2.24) is 25.2 Å². The molecule has 41 heavy (non-hydrogen) atoms. The van der Waals surface area contributed by atoms with E-state index in [1.807, 2.05) is 59.0 Å². The maximum absolute atomic E-state index is 13.2. The van der Waals surface area contributed by atoms with Crippen LogP contribution < -0.4 is 10.2 Å². The average molecular weight is 564 g/mol. The van der Waals surface area contributed by atoms with E-state index in [2.05, 4.69) is 15.2 Å². The summed E-state index contributed by atoms with van der Waals surface area (Å²) < 4.78 is 5.48. The lowest BCUT2D eigenvalue weighted by molar-refractivity contribution is -0.142. The van der Waals surface area contributed by atoms with Gasteiger partial charge in [0.1, 0.15) is 17.5 Å². The molecule has 0 saturated carbocycles. The monoisotopic (exact) mass is 563 g/mol. The van der Waals surface area contributed by atoms with Gasteiger partial charge in [-0.3, -0.25) is 9.59 Å². The lowest BCUT2D eigenvalue weighted by atomic mass is 10.0. The molecule has 0 aliphatic carbocycles. The predicted octanol–water partition coefficient (Wildman–Crippen LogP) is 3.74. The van der Waals surface area contributed by atoms with Gasteiger partial charge in [0, 0.05) is 57.6 Å². The van der Waals surface area contributed by atoms with Crippen LogP contribution in [0, 0.1) is 17.4 Å². The van der Waals surface area contributed by atoms with Crippen LogP contribution in [0.3, 0.4) is 0 Å². The highest BCUT2D eigenvalue weighted by Crippen LogP contribution is 2.23. The fourth-order valence-corrected chi connectivity index (χ4v) is 4.40. The van der Waals surface area contributed by atoms with Crippen LogP contribution in [-0.2, 0) is 9.53 Å². The van der Waals surface area contributed by atoms with Crippen molar-refractivity contribution in [3.63, 3.8) is 0 Å².